The lowest BCUT2D eigenvalue weighted by molar-refractivity contribution is -0.323. The molecule has 2 fully saturated rings. The van der Waals surface area contributed by atoms with Crippen LogP contribution in [0.15, 0.2) is 33.5 Å². The normalized spacial score (nSPS) is 31.6. The molecular weight excluding hydrogens is 624 g/mol. The van der Waals surface area contributed by atoms with Gasteiger partial charge in [-0.1, -0.05) is 0 Å². The van der Waals surface area contributed by atoms with Crippen LogP contribution in [-0.2, 0) is 14.2 Å². The molecule has 11 N–H and O–H groups in total. The molecule has 1 aromatic heterocycles. The van der Waals surface area contributed by atoms with Crippen LogP contribution >= 0.6 is 0 Å². The Morgan fingerprint density at radius 3 is 2.00 bits per heavy atom. The summed E-state index contributed by atoms with van der Waals surface area (Å²) in [5.74, 6) is -4.32. The van der Waals surface area contributed by atoms with Crippen molar-refractivity contribution in [1.82, 2.24) is 0 Å². The van der Waals surface area contributed by atoms with Crippen LogP contribution in [0.1, 0.15) is 0 Å². The number of hydrogen-bond acceptors (Lipinski definition) is 18. The van der Waals surface area contributed by atoms with Gasteiger partial charge in [0.25, 0.3) is 0 Å². The molecule has 18 nitrogen and oxygen atoms in total. The van der Waals surface area contributed by atoms with Crippen molar-refractivity contribution in [2.45, 2.75) is 61.4 Å². The molecule has 10 atom stereocenters. The highest BCUT2D eigenvalue weighted by atomic mass is 16.7. The number of phenols is 4. The van der Waals surface area contributed by atoms with Gasteiger partial charge in [0.15, 0.2) is 35.0 Å². The van der Waals surface area contributed by atoms with Gasteiger partial charge in [0.05, 0.1) is 20.3 Å². The predicted octanol–water partition coefficient (Wildman–Crippen LogP) is -2.71. The Kier molecular flexibility index (Phi) is 9.47. The van der Waals surface area contributed by atoms with Crippen LogP contribution in [0.4, 0.5) is 0 Å². The van der Waals surface area contributed by atoms with E-state index in [-0.39, 0.29) is 11.1 Å². The van der Waals surface area contributed by atoms with E-state index in [1.165, 1.54) is 6.07 Å². The number of fused-ring (bicyclic) bond motifs is 1. The molecule has 252 valence electrons. The van der Waals surface area contributed by atoms with Crippen LogP contribution in [-0.4, -0.2) is 138 Å². The fraction of sp³-hybridized carbons (Fsp3) is 0.464. The first-order chi connectivity index (χ1) is 21.8. The molecule has 5 rings (SSSR count). The summed E-state index contributed by atoms with van der Waals surface area (Å²) in [6.07, 6.45) is -17.6. The summed E-state index contributed by atoms with van der Waals surface area (Å²) < 4.78 is 32.7. The second-order valence-electron chi connectivity index (χ2n) is 10.6. The molecule has 0 amide bonds. The zero-order valence-corrected chi connectivity index (χ0v) is 23.8. The van der Waals surface area contributed by atoms with E-state index >= 15 is 0 Å². The maximum absolute atomic E-state index is 13.8. The standard InChI is InChI=1S/C28H32O18/c1-41-25-11(32)5-12-15(18(25)35)19(36)26(24(43-12)8-2-3-9(30)10(31)4-8)46-28-23(40)21(38)17(34)14(45-28)7-42-27-22(39)20(37)16(33)13(6-29)44-27/h2-5,13-14,16-17,20-23,27-35,37-40H,6-7H2,1H3/t13-,14-,16-,17-,20-,21-,22+,23-,27+,28-/m0/s1. The van der Waals surface area contributed by atoms with Crippen molar-refractivity contribution in [3.8, 4) is 45.8 Å². The fourth-order valence-corrected chi connectivity index (χ4v) is 5.11. The van der Waals surface area contributed by atoms with Gasteiger partial charge >= 0.3 is 0 Å². The first-order valence-electron chi connectivity index (χ1n) is 13.7. The quantitative estimate of drug-likeness (QED) is 0.110. The van der Waals surface area contributed by atoms with E-state index in [9.17, 15) is 61.0 Å². The summed E-state index contributed by atoms with van der Waals surface area (Å²) in [7, 11) is 1.11. The van der Waals surface area contributed by atoms with E-state index in [1.54, 1.807) is 0 Å². The van der Waals surface area contributed by atoms with Crippen molar-refractivity contribution in [3.05, 3.63) is 34.5 Å². The lowest BCUT2D eigenvalue weighted by atomic mass is 9.98. The van der Waals surface area contributed by atoms with Crippen molar-refractivity contribution in [1.29, 1.82) is 0 Å². The zero-order valence-electron chi connectivity index (χ0n) is 23.8. The van der Waals surface area contributed by atoms with Crippen LogP contribution in [0.2, 0.25) is 0 Å². The van der Waals surface area contributed by atoms with E-state index in [4.69, 9.17) is 28.1 Å². The molecule has 0 aliphatic carbocycles. The molecule has 2 saturated heterocycles. The van der Waals surface area contributed by atoms with Gasteiger partial charge in [0.2, 0.25) is 23.2 Å². The average molecular weight is 657 g/mol. The zero-order chi connectivity index (χ0) is 33.6. The number of aromatic hydroxyl groups is 4. The maximum Gasteiger partial charge on any atom is 0.239 e. The van der Waals surface area contributed by atoms with Crippen LogP contribution in [0.5, 0.6) is 34.5 Å². The van der Waals surface area contributed by atoms with Gasteiger partial charge in [-0.15, -0.1) is 0 Å². The smallest absolute Gasteiger partial charge is 0.239 e. The van der Waals surface area contributed by atoms with E-state index in [0.717, 1.165) is 25.3 Å². The van der Waals surface area contributed by atoms with Crippen LogP contribution in [0, 0.1) is 0 Å². The molecule has 0 unspecified atom stereocenters. The van der Waals surface area contributed by atoms with Gasteiger partial charge in [-0.2, -0.15) is 0 Å². The van der Waals surface area contributed by atoms with Gasteiger partial charge in [0, 0.05) is 11.6 Å². The number of aliphatic hydroxyl groups is 7. The predicted molar refractivity (Wildman–Crippen MR) is 148 cm³/mol. The molecule has 18 heteroatoms. The highest BCUT2D eigenvalue weighted by Gasteiger charge is 2.48. The molecule has 2 aliphatic heterocycles. The Hall–Kier alpha value is -3.95. The van der Waals surface area contributed by atoms with E-state index < -0.39 is 126 Å². The molecule has 0 saturated carbocycles. The van der Waals surface area contributed by atoms with E-state index in [0.29, 0.717) is 0 Å². The van der Waals surface area contributed by atoms with E-state index in [1.807, 2.05) is 0 Å². The Morgan fingerprint density at radius 2 is 1.37 bits per heavy atom. The largest absolute Gasteiger partial charge is 0.504 e. The van der Waals surface area contributed by atoms with Gasteiger partial charge in [-0.05, 0) is 18.2 Å². The lowest BCUT2D eigenvalue weighted by Gasteiger charge is -2.42. The van der Waals surface area contributed by atoms with Crippen molar-refractivity contribution in [2.75, 3.05) is 20.3 Å². The highest BCUT2D eigenvalue weighted by molar-refractivity contribution is 5.91. The highest BCUT2D eigenvalue weighted by Crippen LogP contribution is 2.44. The van der Waals surface area contributed by atoms with Crippen molar-refractivity contribution >= 4 is 11.0 Å². The number of benzene rings is 2. The van der Waals surface area contributed by atoms with Crippen molar-refractivity contribution in [3.63, 3.8) is 0 Å². The number of aliphatic hydroxyl groups excluding tert-OH is 7. The monoisotopic (exact) mass is 656 g/mol. The van der Waals surface area contributed by atoms with Gasteiger partial charge in [-0.25, -0.2) is 0 Å². The summed E-state index contributed by atoms with van der Waals surface area (Å²) in [6, 6.07) is 4.22. The molecule has 2 aromatic carbocycles. The van der Waals surface area contributed by atoms with Crippen LogP contribution in [0.25, 0.3) is 22.3 Å². The van der Waals surface area contributed by atoms with Gasteiger partial charge in [-0.3, -0.25) is 4.79 Å². The van der Waals surface area contributed by atoms with Gasteiger partial charge < -0.3 is 84.3 Å². The van der Waals surface area contributed by atoms with Crippen LogP contribution < -0.4 is 14.9 Å². The molecule has 0 bridgehead atoms. The van der Waals surface area contributed by atoms with Gasteiger partial charge in [0.1, 0.15) is 59.8 Å². The third-order valence-electron chi connectivity index (χ3n) is 7.67. The number of phenolic OH excluding ortho intramolecular Hbond substituents is 4. The Labute approximate surface area is 257 Å². The Balaban J connectivity index is 1.50. The molecule has 3 heterocycles. The SMILES string of the molecule is COc1c(O)cc2oc(-c3ccc(O)c(O)c3)c(O[C@@H]3O[C@@H](CO[C@@H]4O[C@@H](CO)[C@H](O)[C@H](O)[C@H]4O)[C@H](O)[C@H](O)[C@@H]3O)c(=O)c2c1O. The Bertz CT molecular complexity index is 1620. The average Bonchev–Trinajstić information content (AvgIpc) is 3.02. The molecule has 46 heavy (non-hydrogen) atoms. The minimum atomic E-state index is -2.03. The van der Waals surface area contributed by atoms with Crippen LogP contribution in [0.3, 0.4) is 0 Å². The topological polar surface area (TPSA) is 299 Å². The first kappa shape index (κ1) is 33.4. The summed E-state index contributed by atoms with van der Waals surface area (Å²) in [6.45, 7) is -1.44. The summed E-state index contributed by atoms with van der Waals surface area (Å²) >= 11 is 0. The number of methoxy groups -OCH3 is 1. The number of hydrogen-bond donors (Lipinski definition) is 11. The van der Waals surface area contributed by atoms with E-state index in [2.05, 4.69) is 0 Å². The summed E-state index contributed by atoms with van der Waals surface area (Å²) in [4.78, 5) is 13.8. The number of rotatable bonds is 8. The molecular formula is C28H32O18. The molecule has 2 aliphatic rings. The minimum absolute atomic E-state index is 0.0764. The fourth-order valence-electron chi connectivity index (χ4n) is 5.11. The maximum atomic E-state index is 13.8. The summed E-state index contributed by atoms with van der Waals surface area (Å²) in [5.41, 5.74) is -1.56. The molecule has 3 aromatic rings. The molecule has 0 spiro atoms. The third-order valence-corrected chi connectivity index (χ3v) is 7.67. The Morgan fingerprint density at radius 1 is 0.739 bits per heavy atom. The molecule has 0 radical (unpaired) electrons. The first-order valence-corrected chi connectivity index (χ1v) is 13.7. The lowest BCUT2D eigenvalue weighted by Crippen LogP contribution is -2.62. The van der Waals surface area contributed by atoms with Crippen molar-refractivity contribution in [2.24, 2.45) is 0 Å². The van der Waals surface area contributed by atoms with Crippen molar-refractivity contribution < 1.29 is 84.3 Å². The third kappa shape index (κ3) is 5.86. The second kappa shape index (κ2) is 13.0. The minimum Gasteiger partial charge on any atom is -0.504 e. The second-order valence-corrected chi connectivity index (χ2v) is 10.6. The summed E-state index contributed by atoms with van der Waals surface area (Å²) in [5, 5.41) is 112. The number of ether oxygens (including phenoxy) is 5.